The number of carbonyl (C=O) groups is 2. The molecule has 5 nitrogen and oxygen atoms in total. The molecule has 1 N–H and O–H groups in total. The van der Waals surface area contributed by atoms with Gasteiger partial charge < -0.3 is 14.4 Å². The van der Waals surface area contributed by atoms with Gasteiger partial charge in [-0.25, -0.2) is 4.79 Å². The smallest absolute Gasteiger partial charge is 0.338 e. The minimum absolute atomic E-state index is 0.000204. The highest BCUT2D eigenvalue weighted by atomic mass is 32.1. The molecule has 0 aliphatic carbocycles. The van der Waals surface area contributed by atoms with Gasteiger partial charge in [0.15, 0.2) is 5.76 Å². The van der Waals surface area contributed by atoms with Crippen molar-refractivity contribution in [2.24, 2.45) is 0 Å². The minimum atomic E-state index is -1.09. The summed E-state index contributed by atoms with van der Waals surface area (Å²) in [6, 6.07) is 5.34. The Morgan fingerprint density at radius 3 is 2.95 bits per heavy atom. The predicted octanol–water partition coefficient (Wildman–Crippen LogP) is 3.02. The van der Waals surface area contributed by atoms with Crippen molar-refractivity contribution in [2.45, 2.75) is 18.9 Å². The fraction of sp³-hybridized carbons (Fsp3) is 0.286. The van der Waals surface area contributed by atoms with Crippen molar-refractivity contribution in [3.63, 3.8) is 0 Å². The third-order valence-electron chi connectivity index (χ3n) is 3.44. The van der Waals surface area contributed by atoms with E-state index in [0.29, 0.717) is 6.54 Å². The molecule has 3 heterocycles. The first kappa shape index (κ1) is 12.9. The zero-order valence-electron chi connectivity index (χ0n) is 10.6. The van der Waals surface area contributed by atoms with Gasteiger partial charge in [-0.2, -0.15) is 0 Å². The van der Waals surface area contributed by atoms with Crippen LogP contribution >= 0.6 is 11.3 Å². The summed E-state index contributed by atoms with van der Waals surface area (Å²) in [4.78, 5) is 26.2. The molecule has 1 unspecified atom stereocenters. The highest BCUT2D eigenvalue weighted by Crippen LogP contribution is 2.35. The Labute approximate surface area is 119 Å². The summed E-state index contributed by atoms with van der Waals surface area (Å²) in [7, 11) is 0. The molecule has 0 spiro atoms. The number of aromatic carboxylic acids is 1. The number of nitrogens with zero attached hydrogens (tertiary/aromatic N) is 1. The molecule has 20 heavy (non-hydrogen) atoms. The van der Waals surface area contributed by atoms with Gasteiger partial charge in [0.1, 0.15) is 6.26 Å². The summed E-state index contributed by atoms with van der Waals surface area (Å²) in [6.45, 7) is 0.671. The minimum Gasteiger partial charge on any atom is -0.478 e. The van der Waals surface area contributed by atoms with Crippen LogP contribution in [0.2, 0.25) is 0 Å². The summed E-state index contributed by atoms with van der Waals surface area (Å²) in [5.41, 5.74) is 0.000204. The maximum atomic E-state index is 12.4. The van der Waals surface area contributed by atoms with E-state index >= 15 is 0 Å². The van der Waals surface area contributed by atoms with Crippen molar-refractivity contribution in [2.75, 3.05) is 6.54 Å². The monoisotopic (exact) mass is 291 g/mol. The summed E-state index contributed by atoms with van der Waals surface area (Å²) in [5, 5.41) is 10.9. The number of carbonyl (C=O) groups excluding carboxylic acids is 1. The molecule has 0 radical (unpaired) electrons. The zero-order chi connectivity index (χ0) is 14.1. The lowest BCUT2D eigenvalue weighted by atomic mass is 10.2. The fourth-order valence-electron chi connectivity index (χ4n) is 2.49. The highest BCUT2D eigenvalue weighted by Gasteiger charge is 2.32. The van der Waals surface area contributed by atoms with Gasteiger partial charge in [-0.3, -0.25) is 4.79 Å². The normalized spacial score (nSPS) is 18.4. The van der Waals surface area contributed by atoms with Crippen LogP contribution in [0.1, 0.15) is 44.7 Å². The lowest BCUT2D eigenvalue weighted by Gasteiger charge is -2.22. The van der Waals surface area contributed by atoms with Crippen LogP contribution in [0.25, 0.3) is 0 Å². The number of carboxylic acid groups (broad SMARTS) is 1. The van der Waals surface area contributed by atoms with E-state index in [2.05, 4.69) is 0 Å². The molecule has 6 heteroatoms. The molecule has 2 aromatic rings. The van der Waals surface area contributed by atoms with E-state index in [0.717, 1.165) is 24.0 Å². The molecule has 2 aromatic heterocycles. The van der Waals surface area contributed by atoms with Crippen molar-refractivity contribution in [1.82, 2.24) is 4.90 Å². The molecule has 1 saturated heterocycles. The second-order valence-electron chi connectivity index (χ2n) is 4.68. The quantitative estimate of drug-likeness (QED) is 0.943. The van der Waals surface area contributed by atoms with Crippen molar-refractivity contribution in [3.05, 3.63) is 46.0 Å². The molecule has 0 saturated carbocycles. The van der Waals surface area contributed by atoms with Gasteiger partial charge in [0, 0.05) is 17.5 Å². The summed E-state index contributed by atoms with van der Waals surface area (Å²) in [6.07, 6.45) is 2.98. The van der Waals surface area contributed by atoms with Crippen LogP contribution < -0.4 is 0 Å². The Bertz CT molecular complexity index is 631. The van der Waals surface area contributed by atoms with Crippen LogP contribution in [0.15, 0.2) is 34.3 Å². The van der Waals surface area contributed by atoms with Crippen LogP contribution in [0.4, 0.5) is 0 Å². The van der Waals surface area contributed by atoms with Crippen LogP contribution in [0.3, 0.4) is 0 Å². The van der Waals surface area contributed by atoms with E-state index in [4.69, 9.17) is 9.52 Å². The molecular formula is C14H13NO4S. The summed E-state index contributed by atoms with van der Waals surface area (Å²) >= 11 is 1.63. The molecule has 1 aliphatic rings. The van der Waals surface area contributed by atoms with Crippen molar-refractivity contribution >= 4 is 23.2 Å². The number of rotatable bonds is 3. The average molecular weight is 291 g/mol. The Morgan fingerprint density at radius 2 is 2.30 bits per heavy atom. The number of likely N-dealkylation sites (tertiary alicyclic amines) is 1. The van der Waals surface area contributed by atoms with E-state index in [1.54, 1.807) is 16.2 Å². The number of thiophene rings is 1. The Morgan fingerprint density at radius 1 is 1.45 bits per heavy atom. The largest absolute Gasteiger partial charge is 0.478 e. The lowest BCUT2D eigenvalue weighted by Crippen LogP contribution is -2.29. The molecule has 104 valence electrons. The van der Waals surface area contributed by atoms with Gasteiger partial charge in [0.2, 0.25) is 0 Å². The van der Waals surface area contributed by atoms with Crippen molar-refractivity contribution < 1.29 is 19.1 Å². The van der Waals surface area contributed by atoms with Gasteiger partial charge in [-0.1, -0.05) is 6.07 Å². The van der Waals surface area contributed by atoms with Crippen LogP contribution in [-0.4, -0.2) is 28.4 Å². The number of hydrogen-bond donors (Lipinski definition) is 1. The number of furan rings is 1. The van der Waals surface area contributed by atoms with Crippen LogP contribution in [-0.2, 0) is 0 Å². The second kappa shape index (κ2) is 5.13. The van der Waals surface area contributed by atoms with Gasteiger partial charge >= 0.3 is 5.97 Å². The molecule has 1 aliphatic heterocycles. The maximum Gasteiger partial charge on any atom is 0.338 e. The Hall–Kier alpha value is -2.08. The fourth-order valence-corrected chi connectivity index (χ4v) is 3.36. The average Bonchev–Trinajstić information content (AvgIpc) is 3.17. The second-order valence-corrected chi connectivity index (χ2v) is 5.66. The van der Waals surface area contributed by atoms with Crippen molar-refractivity contribution in [1.29, 1.82) is 0 Å². The molecular weight excluding hydrogens is 278 g/mol. The zero-order valence-corrected chi connectivity index (χ0v) is 11.4. The third-order valence-corrected chi connectivity index (χ3v) is 4.42. The number of carboxylic acids is 1. The molecule has 1 amide bonds. The van der Waals surface area contributed by atoms with Crippen LogP contribution in [0.5, 0.6) is 0 Å². The predicted molar refractivity (Wildman–Crippen MR) is 73.0 cm³/mol. The first-order chi connectivity index (χ1) is 9.66. The first-order valence-corrected chi connectivity index (χ1v) is 7.21. The Balaban J connectivity index is 1.83. The van der Waals surface area contributed by atoms with E-state index in [9.17, 15) is 9.59 Å². The third kappa shape index (κ3) is 2.22. The van der Waals surface area contributed by atoms with Crippen molar-refractivity contribution in [3.8, 4) is 0 Å². The van der Waals surface area contributed by atoms with Gasteiger partial charge in [0.05, 0.1) is 11.6 Å². The summed E-state index contributed by atoms with van der Waals surface area (Å²) < 4.78 is 5.10. The number of amides is 1. The number of hydrogen-bond acceptors (Lipinski definition) is 4. The molecule has 3 rings (SSSR count). The molecule has 1 fully saturated rings. The van der Waals surface area contributed by atoms with E-state index in [1.165, 1.54) is 6.07 Å². The topological polar surface area (TPSA) is 70.7 Å². The van der Waals surface area contributed by atoms with Gasteiger partial charge in [0.25, 0.3) is 5.91 Å². The van der Waals surface area contributed by atoms with E-state index in [-0.39, 0.29) is 23.3 Å². The van der Waals surface area contributed by atoms with E-state index < -0.39 is 5.97 Å². The first-order valence-electron chi connectivity index (χ1n) is 6.33. The molecule has 0 bridgehead atoms. The summed E-state index contributed by atoms with van der Waals surface area (Å²) in [5.74, 6) is -1.25. The SMILES string of the molecule is O=C(O)c1coc(C(=O)N2CCCC2c2cccs2)c1. The van der Waals surface area contributed by atoms with Crippen LogP contribution in [0, 0.1) is 0 Å². The standard InChI is InChI=1S/C14H13NO4S/c16-13(11-7-9(8-19-11)14(17)18)15-5-1-3-10(15)12-4-2-6-20-12/h2,4,6-8,10H,1,3,5H2,(H,17,18). The lowest BCUT2D eigenvalue weighted by molar-refractivity contribution is 0.0691. The Kier molecular flexibility index (Phi) is 3.31. The highest BCUT2D eigenvalue weighted by molar-refractivity contribution is 7.10. The molecule has 1 atom stereocenters. The molecule has 0 aromatic carbocycles. The van der Waals surface area contributed by atoms with Gasteiger partial charge in [-0.15, -0.1) is 11.3 Å². The van der Waals surface area contributed by atoms with E-state index in [1.807, 2.05) is 17.5 Å². The maximum absolute atomic E-state index is 12.4. The van der Waals surface area contributed by atoms with Gasteiger partial charge in [-0.05, 0) is 24.3 Å².